The van der Waals surface area contributed by atoms with E-state index in [1.54, 1.807) is 23.1 Å². The van der Waals surface area contributed by atoms with E-state index in [9.17, 15) is 0 Å². The minimum Gasteiger partial charge on any atom is -0.491 e. The monoisotopic (exact) mass is 506 g/mol. The molecule has 5 rings (SSSR count). The van der Waals surface area contributed by atoms with Gasteiger partial charge in [0.2, 0.25) is 5.79 Å². The number of anilines is 1. The lowest BCUT2D eigenvalue weighted by atomic mass is 10.1. The molecule has 0 N–H and O–H groups in total. The molecule has 2 aliphatic heterocycles. The van der Waals surface area contributed by atoms with Crippen molar-refractivity contribution in [2.24, 2.45) is 0 Å². The highest BCUT2D eigenvalue weighted by molar-refractivity contribution is 7.99. The zero-order valence-corrected chi connectivity index (χ0v) is 20.2. The number of halogens is 2. The van der Waals surface area contributed by atoms with Crippen LogP contribution in [0.4, 0.5) is 5.69 Å². The molecule has 3 aromatic rings. The van der Waals surface area contributed by atoms with Crippen molar-refractivity contribution < 1.29 is 14.2 Å². The SMILES string of the molecule is Clc1ccc([C@@]2(Cn3cncn3)OC[C@H](COc3ccc(N4CCSCC4)cc3)O2)c(Cl)c1. The second-order valence-electron chi connectivity index (χ2n) is 7.93. The third kappa shape index (κ3) is 5.25. The molecule has 7 nitrogen and oxygen atoms in total. The van der Waals surface area contributed by atoms with Crippen molar-refractivity contribution in [3.8, 4) is 5.75 Å². The van der Waals surface area contributed by atoms with Crippen molar-refractivity contribution in [2.75, 3.05) is 42.7 Å². The summed E-state index contributed by atoms with van der Waals surface area (Å²) in [5, 5.41) is 5.22. The maximum atomic E-state index is 6.51. The second-order valence-corrected chi connectivity index (χ2v) is 9.99. The first-order valence-electron chi connectivity index (χ1n) is 10.8. The number of hydrogen-bond donors (Lipinski definition) is 0. The van der Waals surface area contributed by atoms with Gasteiger partial charge in [0.25, 0.3) is 0 Å². The topological polar surface area (TPSA) is 61.6 Å². The van der Waals surface area contributed by atoms with Gasteiger partial charge in [-0.15, -0.1) is 0 Å². The summed E-state index contributed by atoms with van der Waals surface area (Å²) in [5.41, 5.74) is 1.92. The van der Waals surface area contributed by atoms with Gasteiger partial charge in [-0.25, -0.2) is 9.67 Å². The standard InChI is InChI=1S/C23H24Cl2N4O3S/c24-17-1-6-21(22(25)11-17)23(14-29-16-26-15-27-29)31-13-20(32-23)12-30-19-4-2-18(3-5-19)28-7-9-33-10-8-28/h1-6,11,15-16,20H,7-10,12-14H2/t20-,23-/m0/s1. The molecule has 2 aliphatic rings. The maximum Gasteiger partial charge on any atom is 0.217 e. The number of benzene rings is 2. The first kappa shape index (κ1) is 22.8. The van der Waals surface area contributed by atoms with Crippen molar-refractivity contribution in [3.63, 3.8) is 0 Å². The zero-order valence-electron chi connectivity index (χ0n) is 17.9. The van der Waals surface area contributed by atoms with Gasteiger partial charge in [0.1, 0.15) is 37.7 Å². The van der Waals surface area contributed by atoms with E-state index in [0.29, 0.717) is 35.4 Å². The molecular weight excluding hydrogens is 483 g/mol. The molecule has 10 heteroatoms. The molecule has 33 heavy (non-hydrogen) atoms. The number of thioether (sulfide) groups is 1. The lowest BCUT2D eigenvalue weighted by molar-refractivity contribution is -0.190. The van der Waals surface area contributed by atoms with Gasteiger partial charge in [0, 0.05) is 40.9 Å². The van der Waals surface area contributed by atoms with Crippen LogP contribution in [-0.2, 0) is 21.8 Å². The van der Waals surface area contributed by atoms with Gasteiger partial charge in [-0.1, -0.05) is 29.3 Å². The van der Waals surface area contributed by atoms with Crippen LogP contribution >= 0.6 is 35.0 Å². The largest absolute Gasteiger partial charge is 0.491 e. The van der Waals surface area contributed by atoms with Crippen LogP contribution in [0.15, 0.2) is 55.1 Å². The summed E-state index contributed by atoms with van der Waals surface area (Å²) in [6, 6.07) is 13.5. The highest BCUT2D eigenvalue weighted by Gasteiger charge is 2.45. The fourth-order valence-electron chi connectivity index (χ4n) is 4.05. The average molecular weight is 507 g/mol. The van der Waals surface area contributed by atoms with E-state index in [2.05, 4.69) is 27.1 Å². The highest BCUT2D eigenvalue weighted by atomic mass is 35.5. The van der Waals surface area contributed by atoms with Crippen LogP contribution in [0.3, 0.4) is 0 Å². The summed E-state index contributed by atoms with van der Waals surface area (Å²) in [6.07, 6.45) is 2.81. The predicted molar refractivity (Wildman–Crippen MR) is 130 cm³/mol. The van der Waals surface area contributed by atoms with Crippen molar-refractivity contribution in [3.05, 3.63) is 70.7 Å². The Labute approximate surface area is 206 Å². The molecule has 0 bridgehead atoms. The van der Waals surface area contributed by atoms with Gasteiger partial charge >= 0.3 is 0 Å². The third-order valence-corrected chi connectivity index (χ3v) is 7.18. The van der Waals surface area contributed by atoms with Gasteiger partial charge in [0.15, 0.2) is 0 Å². The quantitative estimate of drug-likeness (QED) is 0.467. The molecule has 0 saturated carbocycles. The van der Waals surface area contributed by atoms with Gasteiger partial charge in [-0.2, -0.15) is 16.9 Å². The molecule has 0 aliphatic carbocycles. The van der Waals surface area contributed by atoms with Crippen LogP contribution in [-0.4, -0.2) is 58.7 Å². The van der Waals surface area contributed by atoms with Crippen molar-refractivity contribution in [1.29, 1.82) is 0 Å². The molecule has 2 fully saturated rings. The molecule has 2 saturated heterocycles. The lowest BCUT2D eigenvalue weighted by Crippen LogP contribution is -2.35. The summed E-state index contributed by atoms with van der Waals surface area (Å²) >= 11 is 14.6. The molecule has 0 radical (unpaired) electrons. The van der Waals surface area contributed by atoms with Gasteiger partial charge in [-0.05, 0) is 36.4 Å². The number of aromatic nitrogens is 3. The predicted octanol–water partition coefficient (Wildman–Crippen LogP) is 4.49. The van der Waals surface area contributed by atoms with E-state index in [4.69, 9.17) is 37.4 Å². The average Bonchev–Trinajstić information content (AvgIpc) is 3.49. The van der Waals surface area contributed by atoms with E-state index in [1.807, 2.05) is 30.0 Å². The Hall–Kier alpha value is -1.97. The lowest BCUT2D eigenvalue weighted by Gasteiger charge is -2.29. The summed E-state index contributed by atoms with van der Waals surface area (Å²) in [5.74, 6) is 2.03. The Kier molecular flexibility index (Phi) is 6.99. The minimum atomic E-state index is -1.11. The van der Waals surface area contributed by atoms with E-state index < -0.39 is 5.79 Å². The number of rotatable bonds is 7. The fourth-order valence-corrected chi connectivity index (χ4v) is 5.50. The highest BCUT2D eigenvalue weighted by Crippen LogP contribution is 2.40. The fraction of sp³-hybridized carbons (Fsp3) is 0.391. The van der Waals surface area contributed by atoms with E-state index >= 15 is 0 Å². The Morgan fingerprint density at radius 2 is 1.94 bits per heavy atom. The molecule has 0 unspecified atom stereocenters. The van der Waals surface area contributed by atoms with E-state index in [0.717, 1.165) is 18.8 Å². The number of ether oxygens (including phenoxy) is 3. The van der Waals surface area contributed by atoms with E-state index in [-0.39, 0.29) is 6.10 Å². The number of hydrogen-bond acceptors (Lipinski definition) is 7. The van der Waals surface area contributed by atoms with Crippen LogP contribution in [0.1, 0.15) is 5.56 Å². The van der Waals surface area contributed by atoms with Crippen LogP contribution in [0.5, 0.6) is 5.75 Å². The maximum absolute atomic E-state index is 6.51. The van der Waals surface area contributed by atoms with Crippen LogP contribution in [0.25, 0.3) is 0 Å². The Bertz CT molecular complexity index is 1060. The Morgan fingerprint density at radius 1 is 1.12 bits per heavy atom. The Balaban J connectivity index is 1.26. The normalized spacial score (nSPS) is 23.1. The van der Waals surface area contributed by atoms with Gasteiger partial charge in [-0.3, -0.25) is 0 Å². The molecular formula is C23H24Cl2N4O3S. The second kappa shape index (κ2) is 10.1. The van der Waals surface area contributed by atoms with Gasteiger partial charge in [0.05, 0.1) is 11.6 Å². The Morgan fingerprint density at radius 3 is 2.67 bits per heavy atom. The van der Waals surface area contributed by atoms with Gasteiger partial charge < -0.3 is 19.1 Å². The molecule has 2 aromatic carbocycles. The van der Waals surface area contributed by atoms with E-state index in [1.165, 1.54) is 23.5 Å². The zero-order chi connectivity index (χ0) is 22.7. The smallest absolute Gasteiger partial charge is 0.217 e. The molecule has 1 aromatic heterocycles. The molecule has 0 spiro atoms. The third-order valence-electron chi connectivity index (χ3n) is 5.69. The molecule has 0 amide bonds. The van der Waals surface area contributed by atoms with Crippen molar-refractivity contribution in [1.82, 2.24) is 14.8 Å². The summed E-state index contributed by atoms with van der Waals surface area (Å²) in [4.78, 5) is 6.42. The number of nitrogens with zero attached hydrogens (tertiary/aromatic N) is 4. The molecule has 3 heterocycles. The summed E-state index contributed by atoms with van der Waals surface area (Å²) < 4.78 is 20.3. The molecule has 2 atom stereocenters. The minimum absolute atomic E-state index is 0.279. The first-order chi connectivity index (χ1) is 16.1. The van der Waals surface area contributed by atoms with Crippen LogP contribution in [0, 0.1) is 0 Å². The summed E-state index contributed by atoms with van der Waals surface area (Å²) in [7, 11) is 0. The van der Waals surface area contributed by atoms with Crippen molar-refractivity contribution in [2.45, 2.75) is 18.4 Å². The van der Waals surface area contributed by atoms with Crippen LogP contribution < -0.4 is 9.64 Å². The first-order valence-corrected chi connectivity index (χ1v) is 12.7. The van der Waals surface area contributed by atoms with Crippen molar-refractivity contribution >= 4 is 40.7 Å². The molecule has 174 valence electrons. The summed E-state index contributed by atoms with van der Waals surface area (Å²) in [6.45, 7) is 3.17. The van der Waals surface area contributed by atoms with Crippen LogP contribution in [0.2, 0.25) is 10.0 Å².